The van der Waals surface area contributed by atoms with Gasteiger partial charge in [0.05, 0.1) is 31.1 Å². The third-order valence-electron chi connectivity index (χ3n) is 4.19. The zero-order valence-corrected chi connectivity index (χ0v) is 10.8. The molecule has 2 fully saturated rings. The van der Waals surface area contributed by atoms with Crippen LogP contribution in [0.2, 0.25) is 0 Å². The van der Waals surface area contributed by atoms with Crippen LogP contribution in [0.3, 0.4) is 0 Å². The Morgan fingerprint density at radius 1 is 1.16 bits per heavy atom. The highest BCUT2D eigenvalue weighted by molar-refractivity contribution is 5.27. The lowest BCUT2D eigenvalue weighted by molar-refractivity contribution is -0.204. The standard InChI is InChI=1S/C14H19NO4/c16-10-12-11(2-1-7-15-12)13(17)3-5-14(6-4-13)18-8-9-19-14/h1-2,7,16-17H,3-6,8-10H2. The van der Waals surface area contributed by atoms with Crippen LogP contribution in [0, 0.1) is 0 Å². The summed E-state index contributed by atoms with van der Waals surface area (Å²) in [5.74, 6) is -0.492. The molecule has 1 aromatic rings. The number of hydrogen-bond donors (Lipinski definition) is 2. The third-order valence-corrected chi connectivity index (χ3v) is 4.19. The molecule has 19 heavy (non-hydrogen) atoms. The number of hydrogen-bond acceptors (Lipinski definition) is 5. The fourth-order valence-electron chi connectivity index (χ4n) is 3.09. The van der Waals surface area contributed by atoms with Crippen LogP contribution >= 0.6 is 0 Å². The Hall–Kier alpha value is -1.01. The third kappa shape index (κ3) is 2.27. The molecule has 5 nitrogen and oxygen atoms in total. The van der Waals surface area contributed by atoms with Gasteiger partial charge in [0.15, 0.2) is 5.79 Å². The van der Waals surface area contributed by atoms with Crippen molar-refractivity contribution in [3.05, 3.63) is 29.6 Å². The fraction of sp³-hybridized carbons (Fsp3) is 0.643. The van der Waals surface area contributed by atoms with E-state index in [1.807, 2.05) is 6.07 Å². The van der Waals surface area contributed by atoms with Gasteiger partial charge in [0.25, 0.3) is 0 Å². The lowest BCUT2D eigenvalue weighted by Crippen LogP contribution is -2.42. The highest BCUT2D eigenvalue weighted by Gasteiger charge is 2.46. The first-order valence-electron chi connectivity index (χ1n) is 6.73. The summed E-state index contributed by atoms with van der Waals surface area (Å²) in [6.07, 6.45) is 4.09. The normalized spacial score (nSPS) is 24.7. The predicted molar refractivity (Wildman–Crippen MR) is 67.2 cm³/mol. The van der Waals surface area contributed by atoms with Crippen LogP contribution in [0.15, 0.2) is 18.3 Å². The van der Waals surface area contributed by atoms with E-state index in [0.29, 0.717) is 44.6 Å². The molecule has 1 aliphatic carbocycles. The lowest BCUT2D eigenvalue weighted by atomic mass is 9.76. The highest BCUT2D eigenvalue weighted by atomic mass is 16.7. The quantitative estimate of drug-likeness (QED) is 0.837. The fourth-order valence-corrected chi connectivity index (χ4v) is 3.09. The summed E-state index contributed by atoms with van der Waals surface area (Å²) in [6, 6.07) is 3.63. The summed E-state index contributed by atoms with van der Waals surface area (Å²) in [6.45, 7) is 1.11. The van der Waals surface area contributed by atoms with Crippen molar-refractivity contribution in [1.82, 2.24) is 4.98 Å². The van der Waals surface area contributed by atoms with Gasteiger partial charge in [-0.05, 0) is 18.9 Å². The molecule has 0 atom stereocenters. The van der Waals surface area contributed by atoms with Gasteiger partial charge in [-0.3, -0.25) is 4.98 Å². The van der Waals surface area contributed by atoms with Gasteiger partial charge in [-0.15, -0.1) is 0 Å². The monoisotopic (exact) mass is 265 g/mol. The smallest absolute Gasteiger partial charge is 0.168 e. The molecule has 1 spiro atoms. The van der Waals surface area contributed by atoms with Crippen LogP contribution in [-0.4, -0.2) is 34.2 Å². The average Bonchev–Trinajstić information content (AvgIpc) is 2.91. The average molecular weight is 265 g/mol. The summed E-state index contributed by atoms with van der Waals surface area (Å²) in [5, 5.41) is 20.2. The Kier molecular flexibility index (Phi) is 3.30. The minimum absolute atomic E-state index is 0.156. The first-order chi connectivity index (χ1) is 9.18. The van der Waals surface area contributed by atoms with Gasteiger partial charge in [0.2, 0.25) is 0 Å². The summed E-state index contributed by atoms with van der Waals surface area (Å²) in [4.78, 5) is 4.13. The van der Waals surface area contributed by atoms with Crippen LogP contribution < -0.4 is 0 Å². The van der Waals surface area contributed by atoms with Crippen molar-refractivity contribution in [3.8, 4) is 0 Å². The van der Waals surface area contributed by atoms with Gasteiger partial charge in [-0.2, -0.15) is 0 Å². The molecule has 2 N–H and O–H groups in total. The molecule has 104 valence electrons. The van der Waals surface area contributed by atoms with E-state index < -0.39 is 11.4 Å². The number of rotatable bonds is 2. The van der Waals surface area contributed by atoms with E-state index in [-0.39, 0.29) is 6.61 Å². The predicted octanol–water partition coefficient (Wildman–Crippen LogP) is 1.08. The summed E-state index contributed by atoms with van der Waals surface area (Å²) >= 11 is 0. The molecule has 1 aromatic heterocycles. The lowest BCUT2D eigenvalue weighted by Gasteiger charge is -2.41. The van der Waals surface area contributed by atoms with Crippen LogP contribution in [0.1, 0.15) is 36.9 Å². The van der Waals surface area contributed by atoms with Crippen molar-refractivity contribution in [2.75, 3.05) is 13.2 Å². The number of ether oxygens (including phenoxy) is 2. The Morgan fingerprint density at radius 3 is 2.47 bits per heavy atom. The SMILES string of the molecule is OCc1ncccc1C1(O)CCC2(CC1)OCCO2. The van der Waals surface area contributed by atoms with Crippen molar-refractivity contribution >= 4 is 0 Å². The van der Waals surface area contributed by atoms with E-state index in [4.69, 9.17) is 9.47 Å². The van der Waals surface area contributed by atoms with Gasteiger partial charge in [-0.1, -0.05) is 6.07 Å². The number of pyridine rings is 1. The van der Waals surface area contributed by atoms with Crippen LogP contribution in [-0.2, 0) is 21.7 Å². The second kappa shape index (κ2) is 4.83. The number of aliphatic hydroxyl groups excluding tert-OH is 1. The second-order valence-electron chi connectivity index (χ2n) is 5.29. The van der Waals surface area contributed by atoms with Crippen LogP contribution in [0.4, 0.5) is 0 Å². The molecule has 0 amide bonds. The van der Waals surface area contributed by atoms with Gasteiger partial charge in [0, 0.05) is 24.6 Å². The molecule has 5 heteroatoms. The molecule has 0 unspecified atom stereocenters. The van der Waals surface area contributed by atoms with Crippen molar-refractivity contribution in [2.24, 2.45) is 0 Å². The van der Waals surface area contributed by atoms with Crippen LogP contribution in [0.5, 0.6) is 0 Å². The maximum Gasteiger partial charge on any atom is 0.168 e. The zero-order valence-electron chi connectivity index (χ0n) is 10.8. The van der Waals surface area contributed by atoms with E-state index in [1.54, 1.807) is 12.3 Å². The molecule has 0 bridgehead atoms. The van der Waals surface area contributed by atoms with E-state index in [1.165, 1.54) is 0 Å². The maximum atomic E-state index is 10.8. The summed E-state index contributed by atoms with van der Waals surface area (Å²) in [7, 11) is 0. The Balaban J connectivity index is 1.81. The zero-order chi connectivity index (χ0) is 13.3. The molecule has 1 saturated carbocycles. The van der Waals surface area contributed by atoms with Crippen LogP contribution in [0.25, 0.3) is 0 Å². The number of nitrogens with zero attached hydrogens (tertiary/aromatic N) is 1. The number of aromatic nitrogens is 1. The Bertz CT molecular complexity index is 447. The van der Waals surface area contributed by atoms with E-state index >= 15 is 0 Å². The Labute approximate surface area is 112 Å². The van der Waals surface area contributed by atoms with Crippen molar-refractivity contribution in [2.45, 2.75) is 43.7 Å². The maximum absolute atomic E-state index is 10.8. The molecule has 1 aliphatic heterocycles. The molecule has 2 aliphatic rings. The van der Waals surface area contributed by atoms with Crippen molar-refractivity contribution in [1.29, 1.82) is 0 Å². The molecular weight excluding hydrogens is 246 g/mol. The second-order valence-corrected chi connectivity index (χ2v) is 5.29. The van der Waals surface area contributed by atoms with E-state index in [0.717, 1.165) is 5.56 Å². The molecular formula is C14H19NO4. The number of aliphatic hydroxyl groups is 2. The first kappa shape index (κ1) is 13.0. The molecule has 0 aromatic carbocycles. The van der Waals surface area contributed by atoms with E-state index in [9.17, 15) is 10.2 Å². The minimum atomic E-state index is -0.938. The van der Waals surface area contributed by atoms with Gasteiger partial charge < -0.3 is 19.7 Å². The van der Waals surface area contributed by atoms with Gasteiger partial charge in [-0.25, -0.2) is 0 Å². The molecule has 3 rings (SSSR count). The van der Waals surface area contributed by atoms with Gasteiger partial charge >= 0.3 is 0 Å². The summed E-state index contributed by atoms with van der Waals surface area (Å²) < 4.78 is 11.3. The Morgan fingerprint density at radius 2 is 1.84 bits per heavy atom. The largest absolute Gasteiger partial charge is 0.390 e. The van der Waals surface area contributed by atoms with Crippen molar-refractivity contribution in [3.63, 3.8) is 0 Å². The highest BCUT2D eigenvalue weighted by Crippen LogP contribution is 2.45. The van der Waals surface area contributed by atoms with E-state index in [2.05, 4.69) is 4.98 Å². The minimum Gasteiger partial charge on any atom is -0.390 e. The molecule has 1 saturated heterocycles. The molecule has 2 heterocycles. The first-order valence-corrected chi connectivity index (χ1v) is 6.73. The van der Waals surface area contributed by atoms with Gasteiger partial charge in [0.1, 0.15) is 0 Å². The summed E-state index contributed by atoms with van der Waals surface area (Å²) in [5.41, 5.74) is 0.340. The van der Waals surface area contributed by atoms with Crippen molar-refractivity contribution < 1.29 is 19.7 Å². The topological polar surface area (TPSA) is 71.8 Å². The molecule has 0 radical (unpaired) electrons.